The molecule has 2 aliphatic rings. The zero-order valence-corrected chi connectivity index (χ0v) is 17.1. The maximum absolute atomic E-state index is 13.0. The van der Waals surface area contributed by atoms with Gasteiger partial charge in [0.05, 0.1) is 17.5 Å². The first-order valence-electron chi connectivity index (χ1n) is 10.2. The number of nitrogens with one attached hydrogen (secondary N) is 1. The molecular formula is C24H26N2O3. The first kappa shape index (κ1) is 19.4. The molecule has 1 saturated heterocycles. The van der Waals surface area contributed by atoms with Crippen LogP contribution in [0.3, 0.4) is 0 Å². The van der Waals surface area contributed by atoms with Gasteiger partial charge in [-0.05, 0) is 68.4 Å². The molecule has 3 atom stereocenters. The van der Waals surface area contributed by atoms with Gasteiger partial charge < -0.3 is 5.32 Å². The van der Waals surface area contributed by atoms with Crippen molar-refractivity contribution in [1.82, 2.24) is 0 Å². The van der Waals surface area contributed by atoms with Gasteiger partial charge in [0, 0.05) is 11.3 Å². The zero-order chi connectivity index (χ0) is 20.7. The highest BCUT2D eigenvalue weighted by atomic mass is 16.2. The van der Waals surface area contributed by atoms with E-state index in [2.05, 4.69) is 12.2 Å². The number of para-hydroxylation sites is 1. The zero-order valence-electron chi connectivity index (χ0n) is 17.1. The Hall–Kier alpha value is -2.95. The molecular weight excluding hydrogens is 364 g/mol. The number of anilines is 2. The summed E-state index contributed by atoms with van der Waals surface area (Å²) in [5.74, 6) is -0.487. The highest BCUT2D eigenvalue weighted by molar-refractivity contribution is 6.22. The fraction of sp³-hybridized carbons (Fsp3) is 0.375. The average Bonchev–Trinajstić information content (AvgIpc) is 2.94. The van der Waals surface area contributed by atoms with Gasteiger partial charge in [-0.3, -0.25) is 19.3 Å². The number of rotatable bonds is 3. The van der Waals surface area contributed by atoms with E-state index in [1.807, 2.05) is 32.0 Å². The molecule has 5 nitrogen and oxygen atoms in total. The number of benzene rings is 2. The predicted molar refractivity (Wildman–Crippen MR) is 113 cm³/mol. The summed E-state index contributed by atoms with van der Waals surface area (Å²) < 4.78 is 0. The van der Waals surface area contributed by atoms with Gasteiger partial charge in [-0.25, -0.2) is 0 Å². The van der Waals surface area contributed by atoms with Crippen LogP contribution in [0.4, 0.5) is 11.4 Å². The van der Waals surface area contributed by atoms with E-state index in [4.69, 9.17) is 0 Å². The van der Waals surface area contributed by atoms with Gasteiger partial charge in [0.25, 0.3) is 5.91 Å². The molecule has 1 heterocycles. The largest absolute Gasteiger partial charge is 0.322 e. The third-order valence-electron chi connectivity index (χ3n) is 6.27. The highest BCUT2D eigenvalue weighted by Crippen LogP contribution is 2.42. The molecule has 29 heavy (non-hydrogen) atoms. The second-order valence-electron chi connectivity index (χ2n) is 8.41. The van der Waals surface area contributed by atoms with Gasteiger partial charge in [0.2, 0.25) is 11.8 Å². The van der Waals surface area contributed by atoms with Crippen LogP contribution in [0.15, 0.2) is 42.5 Å². The second kappa shape index (κ2) is 7.47. The van der Waals surface area contributed by atoms with E-state index in [1.165, 1.54) is 4.90 Å². The lowest BCUT2D eigenvalue weighted by Gasteiger charge is -2.25. The maximum Gasteiger partial charge on any atom is 0.255 e. The van der Waals surface area contributed by atoms with Crippen LogP contribution in [0.5, 0.6) is 0 Å². The van der Waals surface area contributed by atoms with Gasteiger partial charge in [0.15, 0.2) is 0 Å². The number of hydrogen-bond donors (Lipinski definition) is 1. The van der Waals surface area contributed by atoms with Crippen LogP contribution in [0.1, 0.15) is 47.7 Å². The van der Waals surface area contributed by atoms with Crippen molar-refractivity contribution in [1.29, 1.82) is 0 Å². The van der Waals surface area contributed by atoms with E-state index in [0.717, 1.165) is 36.1 Å². The minimum Gasteiger partial charge on any atom is -0.322 e. The number of amides is 3. The van der Waals surface area contributed by atoms with Crippen LogP contribution in [0.25, 0.3) is 0 Å². The number of hydrogen-bond acceptors (Lipinski definition) is 3. The monoisotopic (exact) mass is 390 g/mol. The van der Waals surface area contributed by atoms with Gasteiger partial charge in [-0.1, -0.05) is 31.2 Å². The normalized spacial score (nSPS) is 23.8. The Morgan fingerprint density at radius 2 is 1.62 bits per heavy atom. The third kappa shape index (κ3) is 3.46. The van der Waals surface area contributed by atoms with Crippen molar-refractivity contribution in [2.45, 2.75) is 40.0 Å². The number of nitrogens with zero attached hydrogens (tertiary/aromatic N) is 1. The molecule has 1 aliphatic heterocycles. The van der Waals surface area contributed by atoms with Crippen molar-refractivity contribution in [3.63, 3.8) is 0 Å². The number of carbonyl (C=O) groups is 3. The standard InChI is InChI=1S/C24H26N2O3/c1-14-10-11-19-20(12-14)24(29)26(23(19)28)18-9-5-8-17(13-18)22(27)25-21-15(2)6-4-7-16(21)3/h4-9,13-14,19-20H,10-12H2,1-3H3,(H,25,27)/t14-,19+,20-/m1/s1. The summed E-state index contributed by atoms with van der Waals surface area (Å²) in [6.45, 7) is 6.03. The Balaban J connectivity index is 1.60. The van der Waals surface area contributed by atoms with E-state index in [-0.39, 0.29) is 29.6 Å². The lowest BCUT2D eigenvalue weighted by Crippen LogP contribution is -2.31. The van der Waals surface area contributed by atoms with Gasteiger partial charge in [0.1, 0.15) is 0 Å². The lowest BCUT2D eigenvalue weighted by atomic mass is 9.76. The Kier molecular flexibility index (Phi) is 4.99. The highest BCUT2D eigenvalue weighted by Gasteiger charge is 2.50. The first-order chi connectivity index (χ1) is 13.9. The Morgan fingerprint density at radius 3 is 2.34 bits per heavy atom. The molecule has 1 aliphatic carbocycles. The molecule has 1 N–H and O–H groups in total. The van der Waals surface area contributed by atoms with Gasteiger partial charge in [-0.15, -0.1) is 0 Å². The van der Waals surface area contributed by atoms with Crippen molar-refractivity contribution >= 4 is 29.1 Å². The summed E-state index contributed by atoms with van der Waals surface area (Å²) in [6.07, 6.45) is 2.50. The van der Waals surface area contributed by atoms with E-state index in [0.29, 0.717) is 17.2 Å². The molecule has 2 aromatic carbocycles. The molecule has 0 unspecified atom stereocenters. The van der Waals surface area contributed by atoms with Crippen LogP contribution in [0, 0.1) is 31.6 Å². The lowest BCUT2D eigenvalue weighted by molar-refractivity contribution is -0.122. The van der Waals surface area contributed by atoms with E-state index >= 15 is 0 Å². The summed E-state index contributed by atoms with van der Waals surface area (Å²) >= 11 is 0. The van der Waals surface area contributed by atoms with Crippen LogP contribution >= 0.6 is 0 Å². The van der Waals surface area contributed by atoms with Crippen molar-refractivity contribution in [3.05, 3.63) is 59.2 Å². The van der Waals surface area contributed by atoms with Crippen molar-refractivity contribution in [3.8, 4) is 0 Å². The third-order valence-corrected chi connectivity index (χ3v) is 6.27. The summed E-state index contributed by atoms with van der Waals surface area (Å²) in [5.41, 5.74) is 3.66. The topological polar surface area (TPSA) is 66.5 Å². The Labute approximate surface area is 171 Å². The summed E-state index contributed by atoms with van der Waals surface area (Å²) in [6, 6.07) is 12.6. The minimum absolute atomic E-state index is 0.126. The second-order valence-corrected chi connectivity index (χ2v) is 8.41. The van der Waals surface area contributed by atoms with E-state index in [1.54, 1.807) is 24.3 Å². The van der Waals surface area contributed by atoms with Crippen LogP contribution in [0.2, 0.25) is 0 Å². The molecule has 150 valence electrons. The smallest absolute Gasteiger partial charge is 0.255 e. The summed E-state index contributed by atoms with van der Waals surface area (Å²) in [5, 5.41) is 2.96. The SMILES string of the molecule is Cc1cccc(C)c1NC(=O)c1cccc(N2C(=O)[C@H]3CC[C@@H](C)C[C@H]3C2=O)c1. The molecule has 3 amide bonds. The molecule has 0 radical (unpaired) electrons. The van der Waals surface area contributed by atoms with Crippen LogP contribution < -0.4 is 10.2 Å². The molecule has 0 spiro atoms. The van der Waals surface area contributed by atoms with Crippen molar-refractivity contribution in [2.75, 3.05) is 10.2 Å². The molecule has 4 rings (SSSR count). The first-order valence-corrected chi connectivity index (χ1v) is 10.2. The fourth-order valence-corrected chi connectivity index (χ4v) is 4.63. The number of imide groups is 1. The number of carbonyl (C=O) groups excluding carboxylic acids is 3. The molecule has 2 aromatic rings. The van der Waals surface area contributed by atoms with Gasteiger partial charge >= 0.3 is 0 Å². The molecule has 0 aromatic heterocycles. The molecule has 0 bridgehead atoms. The fourth-order valence-electron chi connectivity index (χ4n) is 4.63. The Bertz CT molecular complexity index is 977. The van der Waals surface area contributed by atoms with Crippen LogP contribution in [-0.2, 0) is 9.59 Å². The van der Waals surface area contributed by atoms with Crippen molar-refractivity contribution in [2.24, 2.45) is 17.8 Å². The number of fused-ring (bicyclic) bond motifs is 1. The molecule has 2 fully saturated rings. The summed E-state index contributed by atoms with van der Waals surface area (Å²) in [7, 11) is 0. The maximum atomic E-state index is 13.0. The molecule has 5 heteroatoms. The minimum atomic E-state index is -0.255. The van der Waals surface area contributed by atoms with E-state index in [9.17, 15) is 14.4 Å². The van der Waals surface area contributed by atoms with E-state index < -0.39 is 0 Å². The number of aryl methyl sites for hydroxylation is 2. The Morgan fingerprint density at radius 1 is 0.966 bits per heavy atom. The average molecular weight is 390 g/mol. The van der Waals surface area contributed by atoms with Crippen LogP contribution in [-0.4, -0.2) is 17.7 Å². The molecule has 1 saturated carbocycles. The van der Waals surface area contributed by atoms with Gasteiger partial charge in [-0.2, -0.15) is 0 Å². The predicted octanol–water partition coefficient (Wildman–Crippen LogP) is 4.48. The van der Waals surface area contributed by atoms with Crippen molar-refractivity contribution < 1.29 is 14.4 Å². The quantitative estimate of drug-likeness (QED) is 0.786. The summed E-state index contributed by atoms with van der Waals surface area (Å²) in [4.78, 5) is 40.0.